The van der Waals surface area contributed by atoms with Gasteiger partial charge in [-0.2, -0.15) is 0 Å². The summed E-state index contributed by atoms with van der Waals surface area (Å²) in [5.74, 6) is 0.667. The molecule has 3 heterocycles. The number of ether oxygens (including phenoxy) is 4. The van der Waals surface area contributed by atoms with Crippen molar-refractivity contribution in [3.8, 4) is 22.8 Å². The third-order valence-corrected chi connectivity index (χ3v) is 8.48. The van der Waals surface area contributed by atoms with Gasteiger partial charge in [-0.05, 0) is 49.7 Å². The SMILES string of the molecule is CCOC(=O)C1=C(C)N=c2s/c(=C/c3ccc(-c4ccccc4C(=O)OC)o3)c(=O)n2[C@H]1c1cc(OC)c(OC)cc1Br. The Kier molecular flexibility index (Phi) is 8.69. The zero-order valence-corrected chi connectivity index (χ0v) is 26.3. The van der Waals surface area contributed by atoms with Crippen molar-refractivity contribution >= 4 is 45.3 Å². The molecule has 2 aromatic heterocycles. The van der Waals surface area contributed by atoms with Crippen molar-refractivity contribution in [1.82, 2.24) is 4.57 Å². The van der Waals surface area contributed by atoms with Crippen molar-refractivity contribution in [2.24, 2.45) is 4.99 Å². The van der Waals surface area contributed by atoms with E-state index >= 15 is 0 Å². The largest absolute Gasteiger partial charge is 0.493 e. The number of aromatic nitrogens is 1. The van der Waals surface area contributed by atoms with E-state index in [2.05, 4.69) is 20.9 Å². The molecule has 43 heavy (non-hydrogen) atoms. The van der Waals surface area contributed by atoms with Gasteiger partial charge in [0.05, 0.1) is 55.3 Å². The van der Waals surface area contributed by atoms with Crippen LogP contribution in [-0.4, -0.2) is 44.4 Å². The Bertz CT molecular complexity index is 1950. The smallest absolute Gasteiger partial charge is 0.338 e. The standard InChI is InChI=1S/C31H27BrN2O8S/c1-6-41-30(37)26-16(2)33-31-34(27(26)20-14-23(38-3)24(39-4)15-21(20)32)28(35)25(43-31)13-17-11-12-22(42-17)18-9-7-8-10-19(18)29(36)40-5/h7-15,27H,6H2,1-5H3/b25-13+/t27-/m0/s1. The van der Waals surface area contributed by atoms with Gasteiger partial charge in [0, 0.05) is 16.1 Å². The van der Waals surface area contributed by atoms with Gasteiger partial charge in [-0.15, -0.1) is 0 Å². The predicted molar refractivity (Wildman–Crippen MR) is 163 cm³/mol. The van der Waals surface area contributed by atoms with E-state index in [0.29, 0.717) is 59.2 Å². The van der Waals surface area contributed by atoms with Crippen LogP contribution in [0.15, 0.2) is 78.5 Å². The lowest BCUT2D eigenvalue weighted by molar-refractivity contribution is -0.139. The lowest BCUT2D eigenvalue weighted by atomic mass is 9.95. The van der Waals surface area contributed by atoms with Gasteiger partial charge >= 0.3 is 11.9 Å². The van der Waals surface area contributed by atoms with E-state index in [1.165, 1.54) is 25.9 Å². The maximum Gasteiger partial charge on any atom is 0.338 e. The van der Waals surface area contributed by atoms with Crippen LogP contribution >= 0.6 is 27.3 Å². The van der Waals surface area contributed by atoms with E-state index in [4.69, 9.17) is 23.4 Å². The molecule has 5 rings (SSSR count). The zero-order valence-electron chi connectivity index (χ0n) is 23.9. The first-order chi connectivity index (χ1) is 20.7. The van der Waals surface area contributed by atoms with Crippen LogP contribution in [0.3, 0.4) is 0 Å². The molecule has 0 amide bonds. The maximum atomic E-state index is 14.0. The summed E-state index contributed by atoms with van der Waals surface area (Å²) in [6.07, 6.45) is 1.61. The fourth-order valence-corrected chi connectivity index (χ4v) is 6.42. The third kappa shape index (κ3) is 5.55. The van der Waals surface area contributed by atoms with E-state index in [0.717, 1.165) is 11.3 Å². The molecule has 1 atom stereocenters. The first-order valence-corrected chi connectivity index (χ1v) is 14.7. The Morgan fingerprint density at radius 3 is 2.49 bits per heavy atom. The number of halogens is 1. The van der Waals surface area contributed by atoms with E-state index in [9.17, 15) is 14.4 Å². The fraction of sp³-hybridized carbons (Fsp3) is 0.226. The van der Waals surface area contributed by atoms with Crippen LogP contribution in [0, 0.1) is 0 Å². The lowest BCUT2D eigenvalue weighted by Crippen LogP contribution is -2.40. The number of methoxy groups -OCH3 is 3. The van der Waals surface area contributed by atoms with Gasteiger partial charge in [-0.25, -0.2) is 14.6 Å². The number of thiazole rings is 1. The number of hydrogen-bond donors (Lipinski definition) is 0. The number of carbonyl (C=O) groups is 2. The minimum Gasteiger partial charge on any atom is -0.493 e. The Hall–Kier alpha value is -4.42. The van der Waals surface area contributed by atoms with Gasteiger partial charge in [0.1, 0.15) is 11.5 Å². The number of fused-ring (bicyclic) bond motifs is 1. The summed E-state index contributed by atoms with van der Waals surface area (Å²) in [7, 11) is 4.35. The highest BCUT2D eigenvalue weighted by Gasteiger charge is 2.35. The predicted octanol–water partition coefficient (Wildman–Crippen LogP) is 4.62. The highest BCUT2D eigenvalue weighted by molar-refractivity contribution is 9.10. The van der Waals surface area contributed by atoms with Crippen LogP contribution in [0.1, 0.15) is 41.6 Å². The molecule has 222 valence electrons. The van der Waals surface area contributed by atoms with Gasteiger partial charge in [-0.3, -0.25) is 9.36 Å². The number of benzene rings is 2. The van der Waals surface area contributed by atoms with E-state index in [1.54, 1.807) is 68.5 Å². The number of furan rings is 1. The summed E-state index contributed by atoms with van der Waals surface area (Å²) in [6.45, 7) is 3.58. The van der Waals surface area contributed by atoms with Crippen molar-refractivity contribution in [3.63, 3.8) is 0 Å². The number of nitrogens with zero attached hydrogens (tertiary/aromatic N) is 2. The number of carbonyl (C=O) groups excluding carboxylic acids is 2. The van der Waals surface area contributed by atoms with Gasteiger partial charge in [0.2, 0.25) is 0 Å². The lowest BCUT2D eigenvalue weighted by Gasteiger charge is -2.26. The summed E-state index contributed by atoms with van der Waals surface area (Å²) in [4.78, 5) is 44.6. The molecule has 4 aromatic rings. The number of esters is 2. The first-order valence-electron chi connectivity index (χ1n) is 13.1. The molecule has 1 aliphatic heterocycles. The minimum atomic E-state index is -0.870. The van der Waals surface area contributed by atoms with Crippen molar-refractivity contribution < 1.29 is 33.0 Å². The molecule has 0 saturated heterocycles. The van der Waals surface area contributed by atoms with Crippen LogP contribution in [0.25, 0.3) is 17.4 Å². The third-order valence-electron chi connectivity index (χ3n) is 6.81. The second kappa shape index (κ2) is 12.4. The van der Waals surface area contributed by atoms with Gasteiger partial charge in [-0.1, -0.05) is 45.5 Å². The Balaban J connectivity index is 1.67. The zero-order chi connectivity index (χ0) is 30.8. The van der Waals surface area contributed by atoms with Crippen LogP contribution in [0.5, 0.6) is 11.5 Å². The van der Waals surface area contributed by atoms with Crippen LogP contribution in [0.2, 0.25) is 0 Å². The molecule has 1 aliphatic rings. The second-order valence-electron chi connectivity index (χ2n) is 9.27. The Labute approximate surface area is 258 Å². The number of rotatable bonds is 8. The summed E-state index contributed by atoms with van der Waals surface area (Å²) in [5.41, 5.74) is 1.78. The van der Waals surface area contributed by atoms with Gasteiger partial charge < -0.3 is 23.4 Å². The summed E-state index contributed by atoms with van der Waals surface area (Å²) in [6, 6.07) is 12.9. The molecule has 2 aromatic carbocycles. The monoisotopic (exact) mass is 666 g/mol. The number of allylic oxidation sites excluding steroid dienone is 1. The molecule has 10 nitrogen and oxygen atoms in total. The van der Waals surface area contributed by atoms with E-state index in [1.807, 2.05) is 0 Å². The molecular weight excluding hydrogens is 640 g/mol. The normalized spacial score (nSPS) is 14.7. The number of hydrogen-bond acceptors (Lipinski definition) is 10. The molecule has 0 spiro atoms. The highest BCUT2D eigenvalue weighted by Crippen LogP contribution is 2.40. The van der Waals surface area contributed by atoms with Crippen LogP contribution in [0.4, 0.5) is 0 Å². The minimum absolute atomic E-state index is 0.153. The highest BCUT2D eigenvalue weighted by atomic mass is 79.9. The van der Waals surface area contributed by atoms with E-state index < -0.39 is 18.0 Å². The van der Waals surface area contributed by atoms with E-state index in [-0.39, 0.29) is 17.7 Å². The molecule has 0 bridgehead atoms. The van der Waals surface area contributed by atoms with Crippen molar-refractivity contribution in [3.05, 3.63) is 101 Å². The molecule has 0 radical (unpaired) electrons. The van der Waals surface area contributed by atoms with Crippen LogP contribution in [-0.2, 0) is 14.3 Å². The molecule has 0 saturated carbocycles. The van der Waals surface area contributed by atoms with Crippen molar-refractivity contribution in [2.75, 3.05) is 27.9 Å². The first kappa shape index (κ1) is 30.1. The van der Waals surface area contributed by atoms with Crippen molar-refractivity contribution in [2.45, 2.75) is 19.9 Å². The molecule has 0 aliphatic carbocycles. The topological polar surface area (TPSA) is 119 Å². The molecule has 12 heteroatoms. The molecular formula is C31H27BrN2O8S. The van der Waals surface area contributed by atoms with Gasteiger partial charge in [0.15, 0.2) is 16.3 Å². The summed E-state index contributed by atoms with van der Waals surface area (Å²) >= 11 is 4.76. The second-order valence-corrected chi connectivity index (χ2v) is 11.1. The Morgan fingerprint density at radius 1 is 1.07 bits per heavy atom. The fourth-order valence-electron chi connectivity index (χ4n) is 4.86. The molecule has 0 unspecified atom stereocenters. The summed E-state index contributed by atoms with van der Waals surface area (Å²) < 4.78 is 29.7. The Morgan fingerprint density at radius 2 is 1.79 bits per heavy atom. The quantitative estimate of drug-likeness (QED) is 0.250. The maximum absolute atomic E-state index is 14.0. The average Bonchev–Trinajstić information content (AvgIpc) is 3.59. The molecule has 0 N–H and O–H groups in total. The van der Waals surface area contributed by atoms with Crippen molar-refractivity contribution in [1.29, 1.82) is 0 Å². The molecule has 0 fully saturated rings. The average molecular weight is 668 g/mol. The summed E-state index contributed by atoms with van der Waals surface area (Å²) in [5, 5.41) is 0. The van der Waals surface area contributed by atoms with Crippen LogP contribution < -0.4 is 24.4 Å². The van der Waals surface area contributed by atoms with Gasteiger partial charge in [0.25, 0.3) is 5.56 Å².